The Bertz CT molecular complexity index is 584. The Kier molecular flexibility index (Phi) is 6.06. The van der Waals surface area contributed by atoms with Gasteiger partial charge in [-0.3, -0.25) is 4.79 Å². The molecule has 1 aromatic heterocycles. The first-order valence-electron chi connectivity index (χ1n) is 9.18. The Morgan fingerprint density at radius 1 is 1.36 bits per heavy atom. The Morgan fingerprint density at radius 3 is 2.52 bits per heavy atom. The third-order valence-corrected chi connectivity index (χ3v) is 5.58. The van der Waals surface area contributed by atoms with Crippen molar-refractivity contribution < 1.29 is 9.53 Å². The van der Waals surface area contributed by atoms with Gasteiger partial charge in [0.2, 0.25) is 5.91 Å². The number of anilines is 1. The van der Waals surface area contributed by atoms with Crippen LogP contribution in [0, 0.1) is 5.41 Å². The van der Waals surface area contributed by atoms with Crippen molar-refractivity contribution in [1.82, 2.24) is 10.3 Å². The van der Waals surface area contributed by atoms with Gasteiger partial charge in [0.1, 0.15) is 11.4 Å². The molecule has 0 spiro atoms. The second-order valence-electron chi connectivity index (χ2n) is 7.22. The molecular weight excluding hydrogens is 316 g/mol. The smallest absolute Gasteiger partial charge is 0.241 e. The van der Waals surface area contributed by atoms with Gasteiger partial charge in [-0.25, -0.2) is 4.98 Å². The summed E-state index contributed by atoms with van der Waals surface area (Å²) in [6, 6.07) is 3.99. The highest BCUT2D eigenvalue weighted by molar-refractivity contribution is 5.88. The van der Waals surface area contributed by atoms with Gasteiger partial charge in [-0.2, -0.15) is 0 Å². The van der Waals surface area contributed by atoms with Gasteiger partial charge < -0.3 is 20.7 Å². The van der Waals surface area contributed by atoms with Crippen molar-refractivity contribution in [3.05, 3.63) is 23.9 Å². The SMILES string of the molecule is CCOC1CC(N)(C(=O)NCc2ccc(N(CC)CC)nc2)C1(C)C. The van der Waals surface area contributed by atoms with Crippen molar-refractivity contribution in [3.8, 4) is 0 Å². The Balaban J connectivity index is 1.94. The van der Waals surface area contributed by atoms with Crippen molar-refractivity contribution in [2.75, 3.05) is 24.6 Å². The zero-order valence-electron chi connectivity index (χ0n) is 16.1. The molecule has 2 rings (SSSR count). The molecule has 1 amide bonds. The van der Waals surface area contributed by atoms with Crippen LogP contribution >= 0.6 is 0 Å². The first-order valence-corrected chi connectivity index (χ1v) is 9.18. The molecule has 0 aliphatic heterocycles. The van der Waals surface area contributed by atoms with Crippen molar-refractivity contribution >= 4 is 11.7 Å². The average molecular weight is 348 g/mol. The number of nitrogens with two attached hydrogens (primary N) is 1. The van der Waals surface area contributed by atoms with Crippen molar-refractivity contribution in [1.29, 1.82) is 0 Å². The minimum absolute atomic E-state index is 0.0308. The minimum atomic E-state index is -0.887. The van der Waals surface area contributed by atoms with Crippen LogP contribution in [-0.2, 0) is 16.1 Å². The molecule has 1 heterocycles. The minimum Gasteiger partial charge on any atom is -0.378 e. The molecule has 1 fully saturated rings. The molecule has 2 atom stereocenters. The molecule has 25 heavy (non-hydrogen) atoms. The number of nitrogens with zero attached hydrogens (tertiary/aromatic N) is 2. The number of nitrogens with one attached hydrogen (secondary N) is 1. The molecule has 1 saturated carbocycles. The normalized spacial score (nSPS) is 24.5. The summed E-state index contributed by atoms with van der Waals surface area (Å²) < 4.78 is 5.68. The summed E-state index contributed by atoms with van der Waals surface area (Å²) in [5, 5.41) is 2.96. The van der Waals surface area contributed by atoms with Crippen LogP contribution in [-0.4, -0.2) is 42.2 Å². The van der Waals surface area contributed by atoms with Gasteiger partial charge >= 0.3 is 0 Å². The number of rotatable bonds is 8. The topological polar surface area (TPSA) is 80.5 Å². The van der Waals surface area contributed by atoms with Crippen LogP contribution in [0.15, 0.2) is 18.3 Å². The molecule has 6 heteroatoms. The molecule has 0 radical (unpaired) electrons. The second kappa shape index (κ2) is 7.70. The van der Waals surface area contributed by atoms with Crippen LogP contribution in [0.1, 0.15) is 46.6 Å². The molecule has 1 aliphatic rings. The maximum atomic E-state index is 12.6. The molecule has 6 nitrogen and oxygen atoms in total. The van der Waals surface area contributed by atoms with E-state index in [0.29, 0.717) is 19.6 Å². The third-order valence-electron chi connectivity index (χ3n) is 5.58. The summed E-state index contributed by atoms with van der Waals surface area (Å²) in [5.41, 5.74) is 6.09. The number of hydrogen-bond donors (Lipinski definition) is 2. The van der Waals surface area contributed by atoms with Crippen LogP contribution in [0.4, 0.5) is 5.82 Å². The fraction of sp³-hybridized carbons (Fsp3) is 0.684. The Labute approximate surface area is 151 Å². The van der Waals surface area contributed by atoms with Crippen molar-refractivity contribution in [2.45, 2.75) is 59.2 Å². The van der Waals surface area contributed by atoms with Crippen LogP contribution in [0.25, 0.3) is 0 Å². The third kappa shape index (κ3) is 3.65. The van der Waals surface area contributed by atoms with Crippen LogP contribution in [0.2, 0.25) is 0 Å². The fourth-order valence-corrected chi connectivity index (χ4v) is 3.42. The number of ether oxygens (including phenoxy) is 1. The molecular formula is C19H32N4O2. The lowest BCUT2D eigenvalue weighted by Crippen LogP contribution is -2.75. The van der Waals surface area contributed by atoms with E-state index in [9.17, 15) is 4.79 Å². The maximum absolute atomic E-state index is 12.6. The summed E-state index contributed by atoms with van der Waals surface area (Å²) in [4.78, 5) is 19.3. The first kappa shape index (κ1) is 19.7. The monoisotopic (exact) mass is 348 g/mol. The average Bonchev–Trinajstić information content (AvgIpc) is 2.61. The van der Waals surface area contributed by atoms with Crippen LogP contribution < -0.4 is 16.0 Å². The van der Waals surface area contributed by atoms with Gasteiger partial charge in [-0.05, 0) is 32.4 Å². The number of carbonyl (C=O) groups is 1. The zero-order chi connectivity index (χ0) is 18.7. The van der Waals surface area contributed by atoms with E-state index < -0.39 is 5.54 Å². The number of pyridine rings is 1. The highest BCUT2D eigenvalue weighted by Crippen LogP contribution is 2.49. The van der Waals surface area contributed by atoms with Gasteiger partial charge in [-0.15, -0.1) is 0 Å². The molecule has 3 N–H and O–H groups in total. The van der Waals surface area contributed by atoms with Gasteiger partial charge in [-0.1, -0.05) is 19.9 Å². The Hall–Kier alpha value is -1.66. The molecule has 1 aliphatic carbocycles. The molecule has 0 saturated heterocycles. The van der Waals surface area contributed by atoms with E-state index in [0.717, 1.165) is 24.5 Å². The summed E-state index contributed by atoms with van der Waals surface area (Å²) in [6.07, 6.45) is 2.40. The summed E-state index contributed by atoms with van der Waals surface area (Å²) in [7, 11) is 0. The molecule has 0 bridgehead atoms. The van der Waals surface area contributed by atoms with Crippen LogP contribution in [0.5, 0.6) is 0 Å². The number of amides is 1. The molecule has 0 aromatic carbocycles. The van der Waals surface area contributed by atoms with Gasteiger partial charge in [0.15, 0.2) is 0 Å². The maximum Gasteiger partial charge on any atom is 0.241 e. The second-order valence-corrected chi connectivity index (χ2v) is 7.22. The number of carbonyl (C=O) groups excluding carboxylic acids is 1. The lowest BCUT2D eigenvalue weighted by molar-refractivity contribution is -0.170. The lowest BCUT2D eigenvalue weighted by atomic mass is 9.54. The largest absolute Gasteiger partial charge is 0.378 e. The van der Waals surface area contributed by atoms with E-state index in [2.05, 4.69) is 29.0 Å². The predicted molar refractivity (Wildman–Crippen MR) is 100 cm³/mol. The van der Waals surface area contributed by atoms with Crippen molar-refractivity contribution in [3.63, 3.8) is 0 Å². The van der Waals surface area contributed by atoms with Gasteiger partial charge in [0.25, 0.3) is 0 Å². The molecule has 1 aromatic rings. The van der Waals surface area contributed by atoms with E-state index >= 15 is 0 Å². The van der Waals surface area contributed by atoms with E-state index in [1.807, 2.05) is 39.1 Å². The summed E-state index contributed by atoms with van der Waals surface area (Å²) in [5.74, 6) is 0.830. The van der Waals surface area contributed by atoms with Gasteiger partial charge in [0.05, 0.1) is 6.10 Å². The van der Waals surface area contributed by atoms with E-state index in [4.69, 9.17) is 10.5 Å². The standard InChI is InChI=1S/C19H32N4O2/c1-6-23(7-2)16-10-9-14(12-21-16)13-22-17(24)19(20)11-15(25-8-3)18(19,4)5/h9-10,12,15H,6-8,11,13,20H2,1-5H3,(H,22,24). The molecule has 140 valence electrons. The van der Waals surface area contributed by atoms with Gasteiger partial charge in [0, 0.05) is 44.3 Å². The highest BCUT2D eigenvalue weighted by Gasteiger charge is 2.62. The molecule has 2 unspecified atom stereocenters. The van der Waals surface area contributed by atoms with Crippen LogP contribution in [0.3, 0.4) is 0 Å². The van der Waals surface area contributed by atoms with E-state index in [-0.39, 0.29) is 17.4 Å². The Morgan fingerprint density at radius 2 is 2.04 bits per heavy atom. The number of aromatic nitrogens is 1. The summed E-state index contributed by atoms with van der Waals surface area (Å²) >= 11 is 0. The fourth-order valence-electron chi connectivity index (χ4n) is 3.42. The zero-order valence-corrected chi connectivity index (χ0v) is 16.1. The first-order chi connectivity index (χ1) is 11.8. The van der Waals surface area contributed by atoms with E-state index in [1.165, 1.54) is 0 Å². The number of hydrogen-bond acceptors (Lipinski definition) is 5. The van der Waals surface area contributed by atoms with Crippen molar-refractivity contribution in [2.24, 2.45) is 11.1 Å². The summed E-state index contributed by atoms with van der Waals surface area (Å²) in [6.45, 7) is 13.1. The lowest BCUT2D eigenvalue weighted by Gasteiger charge is -2.57. The van der Waals surface area contributed by atoms with E-state index in [1.54, 1.807) is 0 Å². The quantitative estimate of drug-likeness (QED) is 0.752. The highest BCUT2D eigenvalue weighted by atomic mass is 16.5. The predicted octanol–water partition coefficient (Wildman–Crippen LogP) is 2.08.